The summed E-state index contributed by atoms with van der Waals surface area (Å²) in [6.07, 6.45) is 5.53. The van der Waals surface area contributed by atoms with Crippen LogP contribution < -0.4 is 10.1 Å². The van der Waals surface area contributed by atoms with Gasteiger partial charge in [-0.3, -0.25) is 0 Å². The summed E-state index contributed by atoms with van der Waals surface area (Å²) in [6.45, 7) is 7.81. The number of likely N-dealkylation sites (tertiary alicyclic amines) is 1. The van der Waals surface area contributed by atoms with Gasteiger partial charge in [-0.1, -0.05) is 25.6 Å². The number of hydrogen-bond acceptors (Lipinski definition) is 6. The molecule has 7 nitrogen and oxygen atoms in total. The lowest BCUT2D eigenvalue weighted by atomic mass is 10.1. The van der Waals surface area contributed by atoms with Crippen molar-refractivity contribution < 1.29 is 13.9 Å². The highest BCUT2D eigenvalue weighted by atomic mass is 28.3. The maximum Gasteiger partial charge on any atom is 0.415 e. The third kappa shape index (κ3) is 5.84. The molecule has 0 spiro atoms. The van der Waals surface area contributed by atoms with Crippen LogP contribution in [0.15, 0.2) is 36.8 Å². The van der Waals surface area contributed by atoms with Crippen molar-refractivity contribution in [1.82, 2.24) is 19.9 Å². The van der Waals surface area contributed by atoms with E-state index < -0.39 is 14.0 Å². The van der Waals surface area contributed by atoms with E-state index in [2.05, 4.69) is 51.4 Å². The Morgan fingerprint density at radius 1 is 1.12 bits per heavy atom. The molecule has 1 N–H and O–H groups in total. The van der Waals surface area contributed by atoms with Crippen LogP contribution >= 0.6 is 0 Å². The summed E-state index contributed by atoms with van der Waals surface area (Å²) >= 11 is 0. The molecule has 1 fully saturated rings. The number of benzene rings is 1. The minimum Gasteiger partial charge on any atom is -0.410 e. The number of anilines is 2. The van der Waals surface area contributed by atoms with Crippen LogP contribution in [0.4, 0.5) is 20.7 Å². The van der Waals surface area contributed by atoms with E-state index in [9.17, 15) is 9.18 Å². The average molecular weight is 464 g/mol. The van der Waals surface area contributed by atoms with Gasteiger partial charge < -0.3 is 15.0 Å². The number of fused-ring (bicyclic) bond motifs is 1. The molecule has 1 aliphatic rings. The highest BCUT2D eigenvalue weighted by molar-refractivity contribution is 6.83. The number of carbonyl (C=O) groups is 1. The fraction of sp³-hybridized carbons (Fsp3) is 0.333. The molecule has 170 valence electrons. The number of pyridine rings is 1. The third-order valence-electron chi connectivity index (χ3n) is 5.10. The van der Waals surface area contributed by atoms with Gasteiger partial charge in [-0.05, 0) is 43.5 Å². The van der Waals surface area contributed by atoms with Crippen LogP contribution in [0.5, 0.6) is 5.75 Å². The van der Waals surface area contributed by atoms with Crippen molar-refractivity contribution in [3.63, 3.8) is 0 Å². The molecule has 0 aliphatic carbocycles. The van der Waals surface area contributed by atoms with Crippen LogP contribution in [0.3, 0.4) is 0 Å². The van der Waals surface area contributed by atoms with E-state index in [-0.39, 0.29) is 11.8 Å². The number of carbonyl (C=O) groups excluding carboxylic acids is 1. The maximum atomic E-state index is 14.5. The Morgan fingerprint density at radius 3 is 2.67 bits per heavy atom. The van der Waals surface area contributed by atoms with Crippen LogP contribution in [-0.4, -0.2) is 47.1 Å². The molecule has 1 aliphatic heterocycles. The van der Waals surface area contributed by atoms with Crippen molar-refractivity contribution in [2.24, 2.45) is 0 Å². The molecule has 33 heavy (non-hydrogen) atoms. The molecule has 0 unspecified atom stereocenters. The molecule has 1 aromatic carbocycles. The summed E-state index contributed by atoms with van der Waals surface area (Å²) in [4.78, 5) is 26.6. The number of piperidine rings is 1. The lowest BCUT2D eigenvalue weighted by molar-refractivity contribution is 0.142. The number of nitrogens with zero attached hydrogens (tertiary/aromatic N) is 4. The number of hydrogen-bond donors (Lipinski definition) is 1. The van der Waals surface area contributed by atoms with Crippen LogP contribution in [0.1, 0.15) is 24.8 Å². The summed E-state index contributed by atoms with van der Waals surface area (Å²) in [5, 5.41) is 3.60. The molecule has 0 saturated carbocycles. The van der Waals surface area contributed by atoms with E-state index in [1.807, 2.05) is 0 Å². The number of aromatic nitrogens is 3. The first kappa shape index (κ1) is 22.7. The SMILES string of the molecule is C[Si](C)(C)C#Cc1cnc(F)c(Nc2ncnc3ccc(OC(=O)N4CCCCC4)cc23)c1. The molecular weight excluding hydrogens is 437 g/mol. The molecule has 4 rings (SSSR count). The lowest BCUT2D eigenvalue weighted by Crippen LogP contribution is -2.37. The zero-order valence-electron chi connectivity index (χ0n) is 19.0. The quantitative estimate of drug-likeness (QED) is 0.330. The predicted octanol–water partition coefficient (Wildman–Crippen LogP) is 5.12. The molecule has 3 heterocycles. The average Bonchev–Trinajstić information content (AvgIpc) is 2.80. The van der Waals surface area contributed by atoms with Gasteiger partial charge in [-0.15, -0.1) is 5.54 Å². The van der Waals surface area contributed by atoms with Gasteiger partial charge in [0, 0.05) is 30.2 Å². The molecule has 3 aromatic rings. The molecule has 2 aromatic heterocycles. The smallest absolute Gasteiger partial charge is 0.410 e. The topological polar surface area (TPSA) is 80.2 Å². The molecule has 0 radical (unpaired) electrons. The summed E-state index contributed by atoms with van der Waals surface area (Å²) < 4.78 is 20.0. The predicted molar refractivity (Wildman–Crippen MR) is 129 cm³/mol. The van der Waals surface area contributed by atoms with Gasteiger partial charge in [-0.2, -0.15) is 4.39 Å². The minimum atomic E-state index is -1.58. The molecule has 0 bridgehead atoms. The molecule has 1 amide bonds. The summed E-state index contributed by atoms with van der Waals surface area (Å²) in [7, 11) is -1.58. The Bertz CT molecular complexity index is 1240. The van der Waals surface area contributed by atoms with Crippen LogP contribution in [-0.2, 0) is 0 Å². The normalized spacial score (nSPS) is 13.9. The van der Waals surface area contributed by atoms with E-state index in [1.54, 1.807) is 29.2 Å². The van der Waals surface area contributed by atoms with Gasteiger partial charge in [0.1, 0.15) is 26.0 Å². The Balaban J connectivity index is 1.61. The van der Waals surface area contributed by atoms with Gasteiger partial charge >= 0.3 is 6.09 Å². The molecular formula is C24H26FN5O2Si. The monoisotopic (exact) mass is 463 g/mol. The second kappa shape index (κ2) is 9.54. The van der Waals surface area contributed by atoms with E-state index >= 15 is 0 Å². The number of ether oxygens (including phenoxy) is 1. The Hall–Kier alpha value is -3.51. The van der Waals surface area contributed by atoms with Crippen molar-refractivity contribution in [2.45, 2.75) is 38.9 Å². The summed E-state index contributed by atoms with van der Waals surface area (Å²) in [5.41, 5.74) is 4.67. The fourth-order valence-electron chi connectivity index (χ4n) is 3.43. The first-order valence-corrected chi connectivity index (χ1v) is 14.5. The van der Waals surface area contributed by atoms with Crippen molar-refractivity contribution in [3.05, 3.63) is 48.3 Å². The standard InChI is InChI=1S/C24H26FN5O2Si/c1-33(2,3)12-9-17-13-21(22(25)26-15-17)29-23-19-14-18(7-8-20(19)27-16-28-23)32-24(31)30-10-5-4-6-11-30/h7-8,13-16H,4-6,10-11H2,1-3H3,(H,27,28,29). The van der Waals surface area contributed by atoms with Crippen LogP contribution in [0.2, 0.25) is 19.6 Å². The molecule has 0 atom stereocenters. The largest absolute Gasteiger partial charge is 0.415 e. The zero-order valence-corrected chi connectivity index (χ0v) is 20.0. The van der Waals surface area contributed by atoms with Gasteiger partial charge in [0.05, 0.1) is 11.2 Å². The Morgan fingerprint density at radius 2 is 1.91 bits per heavy atom. The van der Waals surface area contributed by atoms with Crippen molar-refractivity contribution in [1.29, 1.82) is 0 Å². The second-order valence-corrected chi connectivity index (χ2v) is 13.8. The second-order valence-electron chi connectivity index (χ2n) is 9.00. The molecule has 9 heteroatoms. The first-order chi connectivity index (χ1) is 15.8. The fourth-order valence-corrected chi connectivity index (χ4v) is 3.95. The van der Waals surface area contributed by atoms with E-state index in [4.69, 9.17) is 4.74 Å². The van der Waals surface area contributed by atoms with Gasteiger partial charge in [0.2, 0.25) is 5.95 Å². The lowest BCUT2D eigenvalue weighted by Gasteiger charge is -2.25. The van der Waals surface area contributed by atoms with Gasteiger partial charge in [-0.25, -0.2) is 19.7 Å². The Kier molecular flexibility index (Phi) is 6.56. The van der Waals surface area contributed by atoms with Crippen molar-refractivity contribution >= 4 is 36.6 Å². The zero-order chi connectivity index (χ0) is 23.4. The Labute approximate surface area is 193 Å². The summed E-state index contributed by atoms with van der Waals surface area (Å²) in [5.74, 6) is 3.19. The highest BCUT2D eigenvalue weighted by Gasteiger charge is 2.19. The minimum absolute atomic E-state index is 0.160. The van der Waals surface area contributed by atoms with Crippen LogP contribution in [0.25, 0.3) is 10.9 Å². The number of amides is 1. The molecule has 1 saturated heterocycles. The maximum absolute atomic E-state index is 14.5. The number of nitrogens with one attached hydrogen (secondary N) is 1. The van der Waals surface area contributed by atoms with Crippen molar-refractivity contribution in [3.8, 4) is 17.2 Å². The van der Waals surface area contributed by atoms with Gasteiger partial charge in [0.25, 0.3) is 0 Å². The number of halogens is 1. The van der Waals surface area contributed by atoms with E-state index in [1.165, 1.54) is 12.5 Å². The highest BCUT2D eigenvalue weighted by Crippen LogP contribution is 2.28. The van der Waals surface area contributed by atoms with E-state index in [0.717, 1.165) is 19.3 Å². The van der Waals surface area contributed by atoms with Crippen LogP contribution in [0, 0.1) is 17.4 Å². The van der Waals surface area contributed by atoms with E-state index in [0.29, 0.717) is 41.1 Å². The first-order valence-electron chi connectivity index (χ1n) is 11.0. The summed E-state index contributed by atoms with van der Waals surface area (Å²) in [6, 6.07) is 6.73. The third-order valence-corrected chi connectivity index (χ3v) is 5.98. The number of rotatable bonds is 3. The van der Waals surface area contributed by atoms with Crippen molar-refractivity contribution in [2.75, 3.05) is 18.4 Å². The van der Waals surface area contributed by atoms with Gasteiger partial charge in [0.15, 0.2) is 0 Å².